The number of nitrogens with one attached hydrogen (secondary N) is 1. The van der Waals surface area contributed by atoms with E-state index in [0.29, 0.717) is 11.7 Å². The minimum atomic E-state index is -0.175. The van der Waals surface area contributed by atoms with Gasteiger partial charge in [0, 0.05) is 11.3 Å². The number of hydrogen-bond donors (Lipinski definition) is 1. The Hall–Kier alpha value is -2.80. The highest BCUT2D eigenvalue weighted by atomic mass is 32.2. The molecule has 0 saturated heterocycles. The molecule has 0 bridgehead atoms. The molecule has 1 heterocycles. The van der Waals surface area contributed by atoms with Gasteiger partial charge in [-0.25, -0.2) is 0 Å². The van der Waals surface area contributed by atoms with Crippen molar-refractivity contribution in [3.63, 3.8) is 0 Å². The van der Waals surface area contributed by atoms with Crippen LogP contribution in [-0.4, -0.2) is 28.4 Å². The van der Waals surface area contributed by atoms with Gasteiger partial charge in [0.1, 0.15) is 5.75 Å². The van der Waals surface area contributed by atoms with E-state index in [1.807, 2.05) is 49.4 Å². The molecule has 0 aliphatic rings. The number of nitrogens with zero attached hydrogens (tertiary/aromatic N) is 2. The maximum absolute atomic E-state index is 12.3. The first-order valence-electron chi connectivity index (χ1n) is 8.56. The number of amides is 1. The van der Waals surface area contributed by atoms with Crippen molar-refractivity contribution < 1.29 is 14.1 Å². The molecule has 1 aromatic heterocycles. The Morgan fingerprint density at radius 3 is 2.81 bits per heavy atom. The van der Waals surface area contributed by atoms with Crippen LogP contribution in [-0.2, 0) is 17.1 Å². The molecule has 7 heteroatoms. The van der Waals surface area contributed by atoms with Crippen LogP contribution in [0.2, 0.25) is 0 Å². The minimum absolute atomic E-state index is 0.0583. The van der Waals surface area contributed by atoms with Crippen LogP contribution < -0.4 is 10.1 Å². The van der Waals surface area contributed by atoms with Crippen LogP contribution in [0.4, 0.5) is 0 Å². The average molecular weight is 383 g/mol. The summed E-state index contributed by atoms with van der Waals surface area (Å²) in [5.74, 6) is 2.27. The first-order valence-corrected chi connectivity index (χ1v) is 9.61. The molecular weight excluding hydrogens is 362 g/mol. The third-order valence-electron chi connectivity index (χ3n) is 3.92. The molecule has 6 nitrogen and oxygen atoms in total. The average Bonchev–Trinajstić information content (AvgIpc) is 3.20. The molecule has 3 rings (SSSR count). The maximum atomic E-state index is 12.3. The Bertz CT molecular complexity index is 883. The fraction of sp³-hybridized carbons (Fsp3) is 0.250. The summed E-state index contributed by atoms with van der Waals surface area (Å²) in [7, 11) is 1.60. The van der Waals surface area contributed by atoms with Crippen molar-refractivity contribution in [2.45, 2.75) is 24.5 Å². The van der Waals surface area contributed by atoms with Gasteiger partial charge in [0.2, 0.25) is 17.6 Å². The van der Waals surface area contributed by atoms with Crippen molar-refractivity contribution in [3.05, 3.63) is 66.1 Å². The maximum Gasteiger partial charge on any atom is 0.246 e. The molecule has 3 aromatic rings. The zero-order valence-electron chi connectivity index (χ0n) is 15.2. The van der Waals surface area contributed by atoms with E-state index in [2.05, 4.69) is 27.6 Å². The summed E-state index contributed by atoms with van der Waals surface area (Å²) in [6, 6.07) is 17.5. The summed E-state index contributed by atoms with van der Waals surface area (Å²) in [4.78, 5) is 16.6. The van der Waals surface area contributed by atoms with Crippen molar-refractivity contribution in [2.24, 2.45) is 0 Å². The second kappa shape index (κ2) is 9.23. The second-order valence-corrected chi connectivity index (χ2v) is 7.23. The molecule has 1 N–H and O–H groups in total. The monoisotopic (exact) mass is 383 g/mol. The summed E-state index contributed by atoms with van der Waals surface area (Å²) in [6.45, 7) is 2.09. The Balaban J connectivity index is 1.51. The van der Waals surface area contributed by atoms with Crippen molar-refractivity contribution in [2.75, 3.05) is 7.11 Å². The van der Waals surface area contributed by atoms with Gasteiger partial charge in [0.25, 0.3) is 0 Å². The van der Waals surface area contributed by atoms with E-state index in [0.717, 1.165) is 17.1 Å². The van der Waals surface area contributed by atoms with Crippen LogP contribution in [0.3, 0.4) is 0 Å². The van der Waals surface area contributed by atoms with Gasteiger partial charge in [-0.05, 0) is 24.6 Å². The molecule has 0 aliphatic carbocycles. The lowest BCUT2D eigenvalue weighted by molar-refractivity contribution is -0.120. The van der Waals surface area contributed by atoms with Gasteiger partial charge in [-0.1, -0.05) is 47.6 Å². The fourth-order valence-corrected chi connectivity index (χ4v) is 3.25. The van der Waals surface area contributed by atoms with Gasteiger partial charge in [0.05, 0.1) is 18.9 Å². The van der Waals surface area contributed by atoms with Crippen LogP contribution in [0.5, 0.6) is 5.75 Å². The molecular formula is C20H21N3O3S. The molecule has 2 aromatic carbocycles. The van der Waals surface area contributed by atoms with Gasteiger partial charge >= 0.3 is 0 Å². The highest BCUT2D eigenvalue weighted by molar-refractivity contribution is 7.99. The third-order valence-corrected chi connectivity index (χ3v) is 5.14. The summed E-state index contributed by atoms with van der Waals surface area (Å²) in [5.41, 5.74) is 1.99. The van der Waals surface area contributed by atoms with E-state index in [4.69, 9.17) is 9.26 Å². The van der Waals surface area contributed by atoms with Crippen molar-refractivity contribution in [3.8, 4) is 17.1 Å². The number of rotatable bonds is 8. The lowest BCUT2D eigenvalue weighted by atomic mass is 10.2. The van der Waals surface area contributed by atoms with Crippen LogP contribution in [0, 0.1) is 0 Å². The number of carbonyl (C=O) groups is 1. The van der Waals surface area contributed by atoms with Gasteiger partial charge < -0.3 is 14.6 Å². The predicted octanol–water partition coefficient (Wildman–Crippen LogP) is 3.68. The highest BCUT2D eigenvalue weighted by Crippen LogP contribution is 2.21. The largest absolute Gasteiger partial charge is 0.497 e. The van der Waals surface area contributed by atoms with Crippen LogP contribution in [0.15, 0.2) is 59.1 Å². The van der Waals surface area contributed by atoms with Crippen LogP contribution in [0.1, 0.15) is 18.4 Å². The van der Waals surface area contributed by atoms with Gasteiger partial charge in [-0.15, -0.1) is 11.8 Å². The van der Waals surface area contributed by atoms with E-state index in [1.54, 1.807) is 18.9 Å². The number of ether oxygens (including phenoxy) is 1. The number of benzene rings is 2. The standard InChI is InChI=1S/C20H21N3O3S/c1-14(27-13-15-7-4-3-5-8-15)20(24)21-12-18-22-19(23-26-18)16-9-6-10-17(11-16)25-2/h3-11,14H,12-13H2,1-2H3,(H,21,24). The van der Waals surface area contributed by atoms with Crippen molar-refractivity contribution in [1.82, 2.24) is 15.5 Å². The summed E-state index contributed by atoms with van der Waals surface area (Å²) >= 11 is 1.59. The van der Waals surface area contributed by atoms with Crippen LogP contribution >= 0.6 is 11.8 Å². The minimum Gasteiger partial charge on any atom is -0.497 e. The Kier molecular flexibility index (Phi) is 6.49. The van der Waals surface area contributed by atoms with E-state index < -0.39 is 0 Å². The predicted molar refractivity (Wildman–Crippen MR) is 105 cm³/mol. The molecule has 0 fully saturated rings. The second-order valence-electron chi connectivity index (χ2n) is 5.90. The lowest BCUT2D eigenvalue weighted by Gasteiger charge is -2.10. The quantitative estimate of drug-likeness (QED) is 0.639. The van der Waals surface area contributed by atoms with Gasteiger partial charge in [-0.2, -0.15) is 4.98 Å². The van der Waals surface area contributed by atoms with E-state index in [1.165, 1.54) is 5.56 Å². The third kappa shape index (κ3) is 5.34. The summed E-state index contributed by atoms with van der Waals surface area (Å²) < 4.78 is 10.4. The zero-order chi connectivity index (χ0) is 19.1. The highest BCUT2D eigenvalue weighted by Gasteiger charge is 2.15. The van der Waals surface area contributed by atoms with Crippen molar-refractivity contribution in [1.29, 1.82) is 0 Å². The normalized spacial score (nSPS) is 11.8. The SMILES string of the molecule is COc1cccc(-c2noc(CNC(=O)C(C)SCc3ccccc3)n2)c1. The number of methoxy groups -OCH3 is 1. The van der Waals surface area contributed by atoms with E-state index in [-0.39, 0.29) is 17.7 Å². The number of thioether (sulfide) groups is 1. The Morgan fingerprint density at radius 1 is 1.22 bits per heavy atom. The van der Waals surface area contributed by atoms with Gasteiger partial charge in [-0.3, -0.25) is 4.79 Å². The summed E-state index contributed by atoms with van der Waals surface area (Å²) in [5, 5.41) is 6.63. The zero-order valence-corrected chi connectivity index (χ0v) is 16.0. The molecule has 140 valence electrons. The number of hydrogen-bond acceptors (Lipinski definition) is 6. The smallest absolute Gasteiger partial charge is 0.246 e. The molecule has 0 spiro atoms. The number of carbonyl (C=O) groups excluding carboxylic acids is 1. The fourth-order valence-electron chi connectivity index (χ4n) is 2.38. The Labute approximate surface area is 162 Å². The lowest BCUT2D eigenvalue weighted by Crippen LogP contribution is -2.30. The molecule has 0 radical (unpaired) electrons. The molecule has 0 aliphatic heterocycles. The van der Waals surface area contributed by atoms with Crippen molar-refractivity contribution >= 4 is 17.7 Å². The molecule has 0 saturated carbocycles. The first kappa shape index (κ1) is 19.0. The molecule has 1 unspecified atom stereocenters. The number of aromatic nitrogens is 2. The van der Waals surface area contributed by atoms with Gasteiger partial charge in [0.15, 0.2) is 0 Å². The summed E-state index contributed by atoms with van der Waals surface area (Å²) in [6.07, 6.45) is 0. The molecule has 1 amide bonds. The van der Waals surface area contributed by atoms with E-state index in [9.17, 15) is 4.79 Å². The van der Waals surface area contributed by atoms with Crippen LogP contribution in [0.25, 0.3) is 11.4 Å². The first-order chi connectivity index (χ1) is 13.2. The van der Waals surface area contributed by atoms with E-state index >= 15 is 0 Å². The topological polar surface area (TPSA) is 77.3 Å². The molecule has 1 atom stereocenters. The Morgan fingerprint density at radius 2 is 2.04 bits per heavy atom. The molecule has 27 heavy (non-hydrogen) atoms.